The van der Waals surface area contributed by atoms with Crippen LogP contribution in [0, 0.1) is 17.6 Å². The van der Waals surface area contributed by atoms with E-state index in [1.165, 1.54) is 24.3 Å². The highest BCUT2D eigenvalue weighted by Crippen LogP contribution is 2.46. The van der Waals surface area contributed by atoms with Crippen molar-refractivity contribution in [1.82, 2.24) is 24.6 Å². The summed E-state index contributed by atoms with van der Waals surface area (Å²) < 4.78 is 27.7. The highest BCUT2D eigenvalue weighted by atomic mass is 19.1. The van der Waals surface area contributed by atoms with Gasteiger partial charge in [-0.2, -0.15) is 0 Å². The van der Waals surface area contributed by atoms with Gasteiger partial charge >= 0.3 is 0 Å². The second kappa shape index (κ2) is 13.3. The fraction of sp³-hybridized carbons (Fsp3) is 0.256. The summed E-state index contributed by atoms with van der Waals surface area (Å²) in [5, 5.41) is 1.09. The Bertz CT molecular complexity index is 2140. The average molecular weight is 694 g/mol. The highest BCUT2D eigenvalue weighted by Gasteiger charge is 2.48. The lowest BCUT2D eigenvalue weighted by molar-refractivity contribution is -0.0136. The number of aliphatic imine (C=N–C) groups is 1. The van der Waals surface area contributed by atoms with E-state index in [4.69, 9.17) is 10.7 Å². The summed E-state index contributed by atoms with van der Waals surface area (Å²) in [5.74, 6) is 0.470. The number of aromatic nitrogens is 1. The van der Waals surface area contributed by atoms with Crippen molar-refractivity contribution >= 4 is 22.4 Å². The first kappa shape index (κ1) is 32.5. The van der Waals surface area contributed by atoms with Gasteiger partial charge in [0.05, 0.1) is 22.9 Å². The first-order valence-electron chi connectivity index (χ1n) is 18.1. The number of benzene rings is 4. The van der Waals surface area contributed by atoms with Gasteiger partial charge in [-0.25, -0.2) is 18.8 Å². The van der Waals surface area contributed by atoms with Gasteiger partial charge in [-0.15, -0.1) is 0 Å². The van der Waals surface area contributed by atoms with Gasteiger partial charge < -0.3 is 15.5 Å². The van der Waals surface area contributed by atoms with E-state index in [0.717, 1.165) is 89.3 Å². The second-order valence-electron chi connectivity index (χ2n) is 14.4. The van der Waals surface area contributed by atoms with E-state index < -0.39 is 0 Å². The number of halogens is 2. The van der Waals surface area contributed by atoms with E-state index in [0.29, 0.717) is 17.8 Å². The van der Waals surface area contributed by atoms with E-state index in [1.54, 1.807) is 0 Å². The van der Waals surface area contributed by atoms with Crippen LogP contribution in [-0.4, -0.2) is 75.9 Å². The maximum Gasteiger partial charge on any atom is 0.149 e. The zero-order valence-electron chi connectivity index (χ0n) is 29.1. The van der Waals surface area contributed by atoms with E-state index >= 15 is 0 Å². The molecule has 1 aromatic heterocycles. The van der Waals surface area contributed by atoms with Crippen molar-refractivity contribution in [1.29, 1.82) is 0 Å². The molecule has 1 saturated heterocycles. The number of rotatable bonds is 7. The molecule has 3 aliphatic heterocycles. The Hall–Kier alpha value is -5.38. The molecule has 0 radical (unpaired) electrons. The van der Waals surface area contributed by atoms with Crippen LogP contribution in [0.15, 0.2) is 132 Å². The molecule has 5 aromatic rings. The van der Waals surface area contributed by atoms with Crippen LogP contribution in [0.25, 0.3) is 27.9 Å². The number of piperazine rings is 1. The first-order chi connectivity index (χ1) is 25.4. The van der Waals surface area contributed by atoms with E-state index in [9.17, 15) is 8.78 Å². The molecule has 4 aromatic carbocycles. The number of hydrogen-bond donors (Lipinski definition) is 1. The summed E-state index contributed by atoms with van der Waals surface area (Å²) in [5.41, 5.74) is 14.8. The number of nitrogens with two attached hydrogens (primary N) is 1. The molecule has 9 heteroatoms. The van der Waals surface area contributed by atoms with Crippen molar-refractivity contribution in [2.24, 2.45) is 16.6 Å². The number of nitrogens with zero attached hydrogens (tertiary/aromatic N) is 6. The minimum atomic E-state index is -0.255. The molecule has 0 spiro atoms. The lowest BCUT2D eigenvalue weighted by Crippen LogP contribution is -2.58. The SMILES string of the molecule is CN1C(c2ccc3ccc(-c4ccccc4)nc3c2)=C2C(N)=NC=CN2C1C1CC(N2CCN(C(c3ccc(F)cc3)c3ccc(F)cc3)CC2)C1. The molecular formula is C43H41F2N7. The number of pyridine rings is 1. The molecule has 0 bridgehead atoms. The molecule has 2 fully saturated rings. The van der Waals surface area contributed by atoms with Crippen molar-refractivity contribution in [2.75, 3.05) is 33.2 Å². The lowest BCUT2D eigenvalue weighted by Gasteiger charge is -2.51. The minimum absolute atomic E-state index is 0.0548. The first-order valence-corrected chi connectivity index (χ1v) is 18.1. The fourth-order valence-electron chi connectivity index (χ4n) is 8.76. The summed E-state index contributed by atoms with van der Waals surface area (Å²) >= 11 is 0. The second-order valence-corrected chi connectivity index (χ2v) is 14.4. The normalized spacial score (nSPS) is 22.2. The Morgan fingerprint density at radius 2 is 1.38 bits per heavy atom. The maximum atomic E-state index is 13.8. The quantitative estimate of drug-likeness (QED) is 0.191. The molecule has 4 heterocycles. The van der Waals surface area contributed by atoms with Gasteiger partial charge in [-0.1, -0.05) is 72.8 Å². The average Bonchev–Trinajstić information content (AvgIpc) is 3.45. The molecule has 262 valence electrons. The summed E-state index contributed by atoms with van der Waals surface area (Å²) in [6.45, 7) is 3.65. The number of amidine groups is 1. The Morgan fingerprint density at radius 1 is 0.731 bits per heavy atom. The summed E-state index contributed by atoms with van der Waals surface area (Å²) in [6.07, 6.45) is 6.20. The van der Waals surface area contributed by atoms with E-state index in [-0.39, 0.29) is 23.8 Å². The molecule has 52 heavy (non-hydrogen) atoms. The van der Waals surface area contributed by atoms with Crippen molar-refractivity contribution in [3.05, 3.63) is 156 Å². The topological polar surface area (TPSA) is 64.2 Å². The van der Waals surface area contributed by atoms with Gasteiger partial charge in [-0.05, 0) is 60.4 Å². The number of hydrogen-bond acceptors (Lipinski definition) is 7. The largest absolute Gasteiger partial charge is 0.382 e. The fourth-order valence-corrected chi connectivity index (χ4v) is 8.76. The molecule has 1 unspecified atom stereocenters. The third-order valence-corrected chi connectivity index (χ3v) is 11.4. The third-order valence-electron chi connectivity index (χ3n) is 11.4. The van der Waals surface area contributed by atoms with E-state index in [2.05, 4.69) is 80.3 Å². The van der Waals surface area contributed by atoms with Gasteiger partial charge in [0.1, 0.15) is 29.3 Å². The van der Waals surface area contributed by atoms with Crippen LogP contribution in [0.4, 0.5) is 8.78 Å². The van der Waals surface area contributed by atoms with Crippen LogP contribution in [0.1, 0.15) is 35.6 Å². The van der Waals surface area contributed by atoms with Gasteiger partial charge in [0.15, 0.2) is 0 Å². The molecule has 1 atom stereocenters. The van der Waals surface area contributed by atoms with Gasteiger partial charge in [0, 0.05) is 74.1 Å². The molecule has 1 aliphatic carbocycles. The molecule has 1 saturated carbocycles. The van der Waals surface area contributed by atoms with Crippen LogP contribution in [0.5, 0.6) is 0 Å². The monoisotopic (exact) mass is 693 g/mol. The van der Waals surface area contributed by atoms with Crippen LogP contribution >= 0.6 is 0 Å². The summed E-state index contributed by atoms with van der Waals surface area (Å²) in [4.78, 5) is 19.4. The molecule has 7 nitrogen and oxygen atoms in total. The predicted octanol–water partition coefficient (Wildman–Crippen LogP) is 7.45. The van der Waals surface area contributed by atoms with Crippen LogP contribution in [-0.2, 0) is 0 Å². The van der Waals surface area contributed by atoms with Gasteiger partial charge in [0.25, 0.3) is 0 Å². The highest BCUT2D eigenvalue weighted by molar-refractivity contribution is 6.05. The Kier molecular flexibility index (Phi) is 8.32. The summed E-state index contributed by atoms with van der Waals surface area (Å²) in [7, 11) is 2.18. The molecule has 4 aliphatic rings. The number of fused-ring (bicyclic) bond motifs is 2. The van der Waals surface area contributed by atoms with Crippen molar-refractivity contribution in [2.45, 2.75) is 31.1 Å². The van der Waals surface area contributed by atoms with Crippen LogP contribution < -0.4 is 5.73 Å². The van der Waals surface area contributed by atoms with Crippen molar-refractivity contribution in [3.8, 4) is 11.3 Å². The van der Waals surface area contributed by atoms with Crippen molar-refractivity contribution in [3.63, 3.8) is 0 Å². The molecule has 9 rings (SSSR count). The Morgan fingerprint density at radius 3 is 2.06 bits per heavy atom. The minimum Gasteiger partial charge on any atom is -0.382 e. The Labute approximate surface area is 303 Å². The van der Waals surface area contributed by atoms with Crippen LogP contribution in [0.2, 0.25) is 0 Å². The molecular weight excluding hydrogens is 653 g/mol. The predicted molar refractivity (Wildman–Crippen MR) is 203 cm³/mol. The van der Waals surface area contributed by atoms with E-state index in [1.807, 2.05) is 48.7 Å². The summed E-state index contributed by atoms with van der Waals surface area (Å²) in [6, 6.07) is 34.9. The smallest absolute Gasteiger partial charge is 0.149 e. The zero-order chi connectivity index (χ0) is 35.3. The van der Waals surface area contributed by atoms with Gasteiger partial charge in [-0.3, -0.25) is 9.80 Å². The van der Waals surface area contributed by atoms with Crippen molar-refractivity contribution < 1.29 is 8.78 Å². The maximum absolute atomic E-state index is 13.8. The van der Waals surface area contributed by atoms with Gasteiger partial charge in [0.2, 0.25) is 0 Å². The Balaban J connectivity index is 0.909. The molecule has 0 amide bonds. The molecule has 2 N–H and O–H groups in total. The third kappa shape index (κ3) is 5.84. The lowest BCUT2D eigenvalue weighted by atomic mass is 9.76. The zero-order valence-corrected chi connectivity index (χ0v) is 29.1. The van der Waals surface area contributed by atoms with Crippen LogP contribution in [0.3, 0.4) is 0 Å². The standard InChI is InChI=1S/C43H41F2N7/c1-49-40(32-8-7-29-13-18-37(48-38(29)27-32)28-5-3-2-4-6-28)41-42(46)47-19-20-52(41)43(49)33-25-36(26-33)50-21-23-51(24-22-50)39(30-9-14-34(44)15-10-30)31-11-16-35(45)17-12-31/h2-20,27,33,36,39,43H,21-26H2,1H3,(H2,46,47).